The lowest BCUT2D eigenvalue weighted by Crippen LogP contribution is -2.41. The molecule has 232 valence electrons. The second-order valence-corrected chi connectivity index (χ2v) is 19.9. The van der Waals surface area contributed by atoms with Crippen LogP contribution in [-0.4, -0.2) is 90.3 Å². The number of benzene rings is 1. The molecule has 6 rings (SSSR count). The van der Waals surface area contributed by atoms with Gasteiger partial charge < -0.3 is 33.4 Å². The molecule has 0 aliphatic carbocycles. The summed E-state index contributed by atoms with van der Waals surface area (Å²) < 4.78 is 38.3. The van der Waals surface area contributed by atoms with Crippen LogP contribution in [-0.2, 0) is 30.3 Å². The molecule has 5 heterocycles. The van der Waals surface area contributed by atoms with E-state index in [1.807, 2.05) is 56.5 Å². The first-order valence-electron chi connectivity index (χ1n) is 14.9. The lowest BCUT2D eigenvalue weighted by atomic mass is 9.79. The first-order valence-corrected chi connectivity index (χ1v) is 19.0. The number of nitrogens with zero attached hydrogens (tertiary/aromatic N) is 3. The van der Waals surface area contributed by atoms with Crippen LogP contribution in [0, 0.1) is 0 Å². The van der Waals surface area contributed by atoms with Crippen LogP contribution < -0.4 is 10.2 Å². The van der Waals surface area contributed by atoms with E-state index < -0.39 is 44.7 Å². The van der Waals surface area contributed by atoms with Crippen molar-refractivity contribution in [3.63, 3.8) is 0 Å². The molecule has 1 aromatic carbocycles. The molecular weight excluding hydrogens is 589 g/mol. The number of aliphatic hydroxyl groups is 1. The first kappa shape index (κ1) is 31.0. The van der Waals surface area contributed by atoms with Crippen molar-refractivity contribution in [3.05, 3.63) is 35.4 Å². The van der Waals surface area contributed by atoms with Gasteiger partial charge in [0.05, 0.1) is 35.1 Å². The van der Waals surface area contributed by atoms with Crippen molar-refractivity contribution in [3.8, 4) is 17.3 Å². The van der Waals surface area contributed by atoms with E-state index in [9.17, 15) is 5.11 Å². The molecule has 4 atom stereocenters. The largest absolute Gasteiger partial charge is 0.494 e. The Balaban J connectivity index is 1.29. The highest BCUT2D eigenvalue weighted by Crippen LogP contribution is 2.37. The number of rotatable bonds is 9. The number of pyridine rings is 1. The topological polar surface area (TPSA) is 106 Å². The molecule has 10 nitrogen and oxygen atoms in total. The van der Waals surface area contributed by atoms with Gasteiger partial charge >= 0.3 is 13.1 Å². The van der Waals surface area contributed by atoms with Gasteiger partial charge in [0.25, 0.3) is 0 Å². The van der Waals surface area contributed by atoms with Gasteiger partial charge in [0.1, 0.15) is 30.6 Å². The SMILES string of the molecule is CC1(C)OB(c2ccc(-c3nc4c(cc3Cl)nc(OC3CO[C@@H]5C(O)CO[C@H]35)n4COCC[Si](C)(C)C)cc2)OC1(C)C. The number of hydrogen-bond acceptors (Lipinski definition) is 9. The smallest absolute Gasteiger partial charge is 0.456 e. The molecule has 0 amide bonds. The molecule has 0 saturated carbocycles. The maximum Gasteiger partial charge on any atom is 0.494 e. The maximum absolute atomic E-state index is 10.2. The minimum Gasteiger partial charge on any atom is -0.456 e. The summed E-state index contributed by atoms with van der Waals surface area (Å²) in [7, 11) is -1.73. The average molecular weight is 630 g/mol. The number of hydrogen-bond donors (Lipinski definition) is 1. The number of imidazole rings is 1. The lowest BCUT2D eigenvalue weighted by Gasteiger charge is -2.32. The number of fused-ring (bicyclic) bond motifs is 2. The Kier molecular flexibility index (Phi) is 8.21. The lowest BCUT2D eigenvalue weighted by molar-refractivity contribution is 0.00336. The molecule has 3 aliphatic rings. The summed E-state index contributed by atoms with van der Waals surface area (Å²) in [6.07, 6.45) is -1.86. The zero-order chi connectivity index (χ0) is 30.7. The zero-order valence-corrected chi connectivity index (χ0v) is 27.7. The van der Waals surface area contributed by atoms with Crippen molar-refractivity contribution < 1.29 is 33.4 Å². The third kappa shape index (κ3) is 6.13. The van der Waals surface area contributed by atoms with Crippen LogP contribution in [0.2, 0.25) is 30.7 Å². The van der Waals surface area contributed by atoms with Crippen LogP contribution in [0.15, 0.2) is 30.3 Å². The molecule has 2 aromatic heterocycles. The van der Waals surface area contributed by atoms with Gasteiger partial charge in [0.2, 0.25) is 0 Å². The van der Waals surface area contributed by atoms with E-state index in [4.69, 9.17) is 49.8 Å². The quantitative estimate of drug-likeness (QED) is 0.274. The second kappa shape index (κ2) is 11.4. The maximum atomic E-state index is 10.2. The molecular formula is C30H41BClN3O7Si. The molecule has 3 fully saturated rings. The van der Waals surface area contributed by atoms with Crippen LogP contribution in [0.1, 0.15) is 27.7 Å². The summed E-state index contributed by atoms with van der Waals surface area (Å²) in [5.74, 6) is 0. The van der Waals surface area contributed by atoms with Gasteiger partial charge in [0, 0.05) is 20.2 Å². The molecule has 2 unspecified atom stereocenters. The summed E-state index contributed by atoms with van der Waals surface area (Å²) in [5.41, 5.74) is 2.74. The predicted molar refractivity (Wildman–Crippen MR) is 168 cm³/mol. The van der Waals surface area contributed by atoms with Gasteiger partial charge in [-0.25, -0.2) is 4.98 Å². The van der Waals surface area contributed by atoms with Gasteiger partial charge in [0.15, 0.2) is 11.8 Å². The molecule has 13 heteroatoms. The Labute approximate surface area is 259 Å². The minimum absolute atomic E-state index is 0.219. The van der Waals surface area contributed by atoms with Gasteiger partial charge in [-0.2, -0.15) is 4.98 Å². The number of aliphatic hydroxyl groups excluding tert-OH is 1. The van der Waals surface area contributed by atoms with Crippen LogP contribution >= 0.6 is 11.6 Å². The summed E-state index contributed by atoms with van der Waals surface area (Å²) in [6.45, 7) is 16.5. The average Bonchev–Trinajstić information content (AvgIpc) is 3.64. The highest BCUT2D eigenvalue weighted by atomic mass is 35.5. The van der Waals surface area contributed by atoms with E-state index in [-0.39, 0.29) is 19.4 Å². The highest BCUT2D eigenvalue weighted by molar-refractivity contribution is 6.76. The van der Waals surface area contributed by atoms with Crippen LogP contribution in [0.5, 0.6) is 6.01 Å². The number of halogens is 1. The van der Waals surface area contributed by atoms with E-state index >= 15 is 0 Å². The third-order valence-electron chi connectivity index (χ3n) is 8.80. The summed E-state index contributed by atoms with van der Waals surface area (Å²) in [4.78, 5) is 9.71. The van der Waals surface area contributed by atoms with E-state index in [0.717, 1.165) is 17.1 Å². The summed E-state index contributed by atoms with van der Waals surface area (Å²) in [6, 6.07) is 11.1. The van der Waals surface area contributed by atoms with Crippen LogP contribution in [0.3, 0.4) is 0 Å². The first-order chi connectivity index (χ1) is 20.2. The second-order valence-electron chi connectivity index (χ2n) is 13.9. The van der Waals surface area contributed by atoms with E-state index in [1.54, 1.807) is 6.07 Å². The fourth-order valence-electron chi connectivity index (χ4n) is 5.41. The monoisotopic (exact) mass is 629 g/mol. The molecule has 3 aromatic rings. The van der Waals surface area contributed by atoms with E-state index in [1.165, 1.54) is 0 Å². The zero-order valence-electron chi connectivity index (χ0n) is 25.9. The Bertz CT molecular complexity index is 1460. The Hall–Kier alpha value is -2.03. The molecule has 1 N–H and O–H groups in total. The molecule has 43 heavy (non-hydrogen) atoms. The predicted octanol–water partition coefficient (Wildman–Crippen LogP) is 4.27. The standard InChI is InChI=1S/C30H41BClN3O7Si/c1-29(2)30(3,4)42-31(41-29)19-10-8-18(9-11-19)24-20(32)14-21-27(34-24)35(17-37-12-13-43(5,6)7)28(33-21)40-23-16-39-25-22(36)15-38-26(23)25/h8-11,14,22-23,25-26,36H,12-13,15-17H2,1-7H3/t22?,23?,25-,26-/m1/s1. The van der Waals surface area contributed by atoms with Gasteiger partial charge in [-0.3, -0.25) is 4.57 Å². The molecule has 0 bridgehead atoms. The van der Waals surface area contributed by atoms with Crippen molar-refractivity contribution in [2.45, 2.75) is 95.7 Å². The third-order valence-corrected chi connectivity index (χ3v) is 10.8. The molecule has 0 radical (unpaired) electrons. The van der Waals surface area contributed by atoms with E-state index in [2.05, 4.69) is 19.6 Å². The Morgan fingerprint density at radius 2 is 1.70 bits per heavy atom. The highest BCUT2D eigenvalue weighted by Gasteiger charge is 2.52. The van der Waals surface area contributed by atoms with E-state index in [0.29, 0.717) is 41.1 Å². The van der Waals surface area contributed by atoms with Crippen molar-refractivity contribution in [2.75, 3.05) is 19.8 Å². The fourth-order valence-corrected chi connectivity index (χ4v) is 6.42. The van der Waals surface area contributed by atoms with Crippen LogP contribution in [0.4, 0.5) is 0 Å². The van der Waals surface area contributed by atoms with Gasteiger partial charge in [-0.1, -0.05) is 55.5 Å². The van der Waals surface area contributed by atoms with Crippen molar-refractivity contribution >= 4 is 43.4 Å². The Morgan fingerprint density at radius 1 is 1.02 bits per heavy atom. The Morgan fingerprint density at radius 3 is 2.37 bits per heavy atom. The van der Waals surface area contributed by atoms with Gasteiger partial charge in [-0.15, -0.1) is 0 Å². The number of aromatic nitrogens is 3. The minimum atomic E-state index is -1.28. The van der Waals surface area contributed by atoms with Crippen molar-refractivity contribution in [1.82, 2.24) is 14.5 Å². The van der Waals surface area contributed by atoms with Crippen LogP contribution in [0.25, 0.3) is 22.4 Å². The van der Waals surface area contributed by atoms with Crippen molar-refractivity contribution in [2.24, 2.45) is 0 Å². The number of ether oxygens (including phenoxy) is 4. The summed E-state index contributed by atoms with van der Waals surface area (Å²) >= 11 is 6.78. The normalized spacial score (nSPS) is 26.4. The van der Waals surface area contributed by atoms with Crippen molar-refractivity contribution in [1.29, 1.82) is 0 Å². The summed E-state index contributed by atoms with van der Waals surface area (Å²) in [5, 5.41) is 10.6. The molecule has 3 aliphatic heterocycles. The molecule has 3 saturated heterocycles. The fraction of sp³-hybridized carbons (Fsp3) is 0.600. The molecule has 0 spiro atoms. The van der Waals surface area contributed by atoms with Gasteiger partial charge in [-0.05, 0) is 45.3 Å².